The number of pyridine rings is 1. The number of nitrogens with one attached hydrogen (secondary N) is 1. The standard InChI is InChI=1S/C29H28FN7O2/c1-39-25-11-20(10-22-8-9-32-27(31)26(22)25)15-36(29(38)24-13-33-28(35-24)21-6-7-21)14-18-2-4-19(5-3-18)16-37-17-23(30)12-34-37/h2-5,8-13,17,21H,6-7,14-16H2,1H3,(H2,31,32)(H,33,35). The number of fused-ring (bicyclic) bond motifs is 1. The number of methoxy groups -OCH3 is 1. The number of anilines is 1. The van der Waals surface area contributed by atoms with Crippen molar-refractivity contribution in [2.45, 2.75) is 38.4 Å². The van der Waals surface area contributed by atoms with Gasteiger partial charge in [0.15, 0.2) is 5.82 Å². The highest BCUT2D eigenvalue weighted by Crippen LogP contribution is 2.38. The normalized spacial score (nSPS) is 13.1. The predicted octanol–water partition coefficient (Wildman–Crippen LogP) is 4.65. The van der Waals surface area contributed by atoms with Gasteiger partial charge in [0.05, 0.1) is 31.4 Å². The molecule has 39 heavy (non-hydrogen) atoms. The van der Waals surface area contributed by atoms with E-state index in [2.05, 4.69) is 20.1 Å². The fourth-order valence-corrected chi connectivity index (χ4v) is 4.79. The molecule has 0 aliphatic heterocycles. The number of ether oxygens (including phenoxy) is 1. The summed E-state index contributed by atoms with van der Waals surface area (Å²) in [5.41, 5.74) is 9.34. The second-order valence-electron chi connectivity index (χ2n) is 9.87. The number of halogens is 1. The summed E-state index contributed by atoms with van der Waals surface area (Å²) in [5, 5.41) is 5.64. The minimum absolute atomic E-state index is 0.164. The summed E-state index contributed by atoms with van der Waals surface area (Å²) in [4.78, 5) is 27.5. The number of amides is 1. The molecular formula is C29H28FN7O2. The van der Waals surface area contributed by atoms with Crippen molar-refractivity contribution < 1.29 is 13.9 Å². The molecule has 0 spiro atoms. The Morgan fingerprint density at radius 2 is 1.92 bits per heavy atom. The Morgan fingerprint density at radius 3 is 2.64 bits per heavy atom. The molecule has 1 fully saturated rings. The highest BCUT2D eigenvalue weighted by molar-refractivity contribution is 5.97. The zero-order chi connectivity index (χ0) is 26.9. The molecule has 9 nitrogen and oxygen atoms in total. The summed E-state index contributed by atoms with van der Waals surface area (Å²) < 4.78 is 20.5. The molecule has 0 radical (unpaired) electrons. The van der Waals surface area contributed by atoms with Crippen molar-refractivity contribution in [2.75, 3.05) is 12.8 Å². The van der Waals surface area contributed by atoms with E-state index in [1.807, 2.05) is 42.5 Å². The van der Waals surface area contributed by atoms with Crippen LogP contribution in [0.25, 0.3) is 10.8 Å². The number of nitrogen functional groups attached to an aromatic ring is 1. The Kier molecular flexibility index (Phi) is 6.44. The van der Waals surface area contributed by atoms with E-state index in [9.17, 15) is 9.18 Å². The van der Waals surface area contributed by atoms with Gasteiger partial charge >= 0.3 is 0 Å². The number of carbonyl (C=O) groups is 1. The molecule has 6 rings (SSSR count). The molecule has 3 aromatic heterocycles. The highest BCUT2D eigenvalue weighted by Gasteiger charge is 2.28. The second kappa shape index (κ2) is 10.2. The first-order valence-electron chi connectivity index (χ1n) is 12.8. The fourth-order valence-electron chi connectivity index (χ4n) is 4.79. The topological polar surface area (TPSA) is 115 Å². The van der Waals surface area contributed by atoms with E-state index in [1.54, 1.807) is 29.1 Å². The molecule has 198 valence electrons. The van der Waals surface area contributed by atoms with Gasteiger partial charge in [-0.25, -0.2) is 14.4 Å². The first kappa shape index (κ1) is 24.6. The molecule has 1 amide bonds. The zero-order valence-corrected chi connectivity index (χ0v) is 21.5. The van der Waals surface area contributed by atoms with Crippen molar-refractivity contribution >= 4 is 22.5 Å². The molecule has 3 N–H and O–H groups in total. The van der Waals surface area contributed by atoms with Crippen LogP contribution in [-0.4, -0.2) is 42.6 Å². The number of hydrogen-bond acceptors (Lipinski definition) is 6. The lowest BCUT2D eigenvalue weighted by molar-refractivity contribution is 0.0724. The Balaban J connectivity index is 1.28. The number of aromatic amines is 1. The molecule has 1 aliphatic carbocycles. The maximum Gasteiger partial charge on any atom is 0.274 e. The van der Waals surface area contributed by atoms with E-state index in [-0.39, 0.29) is 11.7 Å². The van der Waals surface area contributed by atoms with Crippen LogP contribution in [0.4, 0.5) is 10.2 Å². The quantitative estimate of drug-likeness (QED) is 0.289. The summed E-state index contributed by atoms with van der Waals surface area (Å²) in [5.74, 6) is 1.75. The number of carbonyl (C=O) groups excluding carboxylic acids is 1. The number of aromatic nitrogens is 5. The maximum absolute atomic E-state index is 13.7. The van der Waals surface area contributed by atoms with Gasteiger partial charge in [-0.1, -0.05) is 24.3 Å². The van der Waals surface area contributed by atoms with Gasteiger partial charge in [0.2, 0.25) is 0 Å². The lowest BCUT2D eigenvalue weighted by Crippen LogP contribution is -2.30. The number of benzene rings is 2. The van der Waals surface area contributed by atoms with E-state index >= 15 is 0 Å². The molecule has 2 aromatic carbocycles. The average Bonchev–Trinajstić information content (AvgIpc) is 3.52. The van der Waals surface area contributed by atoms with Crippen molar-refractivity contribution in [3.63, 3.8) is 0 Å². The van der Waals surface area contributed by atoms with Crippen molar-refractivity contribution in [3.05, 3.63) is 101 Å². The maximum atomic E-state index is 13.7. The van der Waals surface area contributed by atoms with Crippen LogP contribution in [0, 0.1) is 5.82 Å². The number of rotatable bonds is 9. The summed E-state index contributed by atoms with van der Waals surface area (Å²) in [6.45, 7) is 1.17. The molecule has 1 aliphatic rings. The number of hydrogen-bond donors (Lipinski definition) is 2. The van der Waals surface area contributed by atoms with Gasteiger partial charge in [-0.15, -0.1) is 0 Å². The second-order valence-corrected chi connectivity index (χ2v) is 9.87. The van der Waals surface area contributed by atoms with Crippen molar-refractivity contribution in [1.29, 1.82) is 0 Å². The number of imidazole rings is 1. The van der Waals surface area contributed by atoms with Crippen LogP contribution in [0.2, 0.25) is 0 Å². The summed E-state index contributed by atoms with van der Waals surface area (Å²) in [7, 11) is 1.59. The lowest BCUT2D eigenvalue weighted by atomic mass is 10.1. The largest absolute Gasteiger partial charge is 0.496 e. The Hall–Kier alpha value is -4.73. The molecule has 3 heterocycles. The van der Waals surface area contributed by atoms with E-state index in [0.717, 1.165) is 46.1 Å². The van der Waals surface area contributed by atoms with E-state index < -0.39 is 0 Å². The average molecular weight is 526 g/mol. The predicted molar refractivity (Wildman–Crippen MR) is 145 cm³/mol. The van der Waals surface area contributed by atoms with E-state index in [4.69, 9.17) is 10.5 Å². The zero-order valence-electron chi connectivity index (χ0n) is 21.5. The minimum atomic E-state index is -0.367. The van der Waals surface area contributed by atoms with Crippen LogP contribution < -0.4 is 10.5 Å². The van der Waals surface area contributed by atoms with Crippen molar-refractivity contribution in [1.82, 2.24) is 29.6 Å². The van der Waals surface area contributed by atoms with Gasteiger partial charge in [-0.2, -0.15) is 5.10 Å². The summed E-state index contributed by atoms with van der Waals surface area (Å²) >= 11 is 0. The van der Waals surface area contributed by atoms with Gasteiger partial charge in [0.1, 0.15) is 23.1 Å². The van der Waals surface area contributed by atoms with Crippen LogP contribution in [0.1, 0.15) is 51.8 Å². The highest BCUT2D eigenvalue weighted by atomic mass is 19.1. The van der Waals surface area contributed by atoms with E-state index in [1.165, 1.54) is 12.4 Å². The van der Waals surface area contributed by atoms with Crippen LogP contribution in [0.3, 0.4) is 0 Å². The minimum Gasteiger partial charge on any atom is -0.496 e. The molecule has 1 saturated carbocycles. The van der Waals surface area contributed by atoms with Gasteiger partial charge in [-0.05, 0) is 53.1 Å². The fraction of sp³-hybridized carbons (Fsp3) is 0.241. The SMILES string of the molecule is COc1cc(CN(Cc2ccc(Cn3cc(F)cn3)cc2)C(=O)c2c[nH]c(C3CC3)n2)cc2ccnc(N)c12. The Bertz CT molecular complexity index is 1640. The first-order chi connectivity index (χ1) is 19.0. The molecule has 0 bridgehead atoms. The van der Waals surface area contributed by atoms with Gasteiger partial charge in [0.25, 0.3) is 5.91 Å². The summed E-state index contributed by atoms with van der Waals surface area (Å²) in [6, 6.07) is 13.7. The molecule has 5 aromatic rings. The van der Waals surface area contributed by atoms with Gasteiger partial charge < -0.3 is 20.4 Å². The van der Waals surface area contributed by atoms with Crippen molar-refractivity contribution in [3.8, 4) is 5.75 Å². The Labute approximate surface area is 224 Å². The van der Waals surface area contributed by atoms with Gasteiger partial charge in [0, 0.05) is 31.4 Å². The van der Waals surface area contributed by atoms with Gasteiger partial charge in [-0.3, -0.25) is 9.48 Å². The third-order valence-electron chi connectivity index (χ3n) is 6.92. The molecule has 0 unspecified atom stereocenters. The number of nitrogens with two attached hydrogens (primary N) is 1. The first-order valence-corrected chi connectivity index (χ1v) is 12.8. The smallest absolute Gasteiger partial charge is 0.274 e. The Morgan fingerprint density at radius 1 is 1.15 bits per heavy atom. The molecule has 0 saturated heterocycles. The van der Waals surface area contributed by atoms with Crippen LogP contribution in [0.15, 0.2) is 67.3 Å². The van der Waals surface area contributed by atoms with E-state index in [0.29, 0.717) is 42.8 Å². The number of H-pyrrole nitrogens is 1. The van der Waals surface area contributed by atoms with Crippen LogP contribution >= 0.6 is 0 Å². The van der Waals surface area contributed by atoms with Crippen molar-refractivity contribution in [2.24, 2.45) is 0 Å². The molecular weight excluding hydrogens is 497 g/mol. The third kappa shape index (κ3) is 5.31. The monoisotopic (exact) mass is 525 g/mol. The van der Waals surface area contributed by atoms with Crippen LogP contribution in [0.5, 0.6) is 5.75 Å². The van der Waals surface area contributed by atoms with Crippen LogP contribution in [-0.2, 0) is 19.6 Å². The summed E-state index contributed by atoms with van der Waals surface area (Å²) in [6.07, 6.45) is 8.09. The lowest BCUT2D eigenvalue weighted by Gasteiger charge is -2.23. The molecule has 10 heteroatoms. The number of nitrogens with zero attached hydrogens (tertiary/aromatic N) is 5. The molecule has 0 atom stereocenters. The third-order valence-corrected chi connectivity index (χ3v) is 6.92.